The molecule has 1 N–H and O–H groups in total. The van der Waals surface area contributed by atoms with Crippen LogP contribution in [0.1, 0.15) is 51.9 Å². The minimum atomic E-state index is -0.779. The van der Waals surface area contributed by atoms with Crippen molar-refractivity contribution in [1.82, 2.24) is 0 Å². The summed E-state index contributed by atoms with van der Waals surface area (Å²) in [7, 11) is 0. The summed E-state index contributed by atoms with van der Waals surface area (Å²) in [5, 5.41) is 8.36. The van der Waals surface area contributed by atoms with Gasteiger partial charge in [-0.05, 0) is 12.8 Å². The normalized spacial score (nSPS) is 11.5. The van der Waals surface area contributed by atoms with Gasteiger partial charge in [-0.2, -0.15) is 0 Å². The maximum absolute atomic E-state index is 10.2. The van der Waals surface area contributed by atoms with E-state index in [2.05, 4.69) is 13.0 Å². The molecule has 0 bridgehead atoms. The Balaban J connectivity index is 3.23. The smallest absolute Gasteiger partial charge is 0.307 e. The quantitative estimate of drug-likeness (QED) is 0.462. The number of carbonyl (C=O) groups is 1. The summed E-state index contributed by atoms with van der Waals surface area (Å²) in [6, 6.07) is 0. The fourth-order valence-corrected chi connectivity index (χ4v) is 1.29. The molecule has 0 rings (SSSR count). The van der Waals surface area contributed by atoms with Crippen LogP contribution >= 0.6 is 0 Å². The number of unbranched alkanes of at least 4 members (excludes halogenated alkanes) is 5. The van der Waals surface area contributed by atoms with E-state index in [1.807, 2.05) is 6.08 Å². The lowest BCUT2D eigenvalue weighted by Crippen LogP contribution is -1.89. The van der Waals surface area contributed by atoms with Gasteiger partial charge in [-0.15, -0.1) is 0 Å². The molecular weight excluding hydrogens is 188 g/mol. The van der Waals surface area contributed by atoms with Crippen molar-refractivity contribution in [3.63, 3.8) is 0 Å². The van der Waals surface area contributed by atoms with Crippen LogP contribution < -0.4 is 0 Å². The van der Waals surface area contributed by atoms with Gasteiger partial charge in [0.1, 0.15) is 0 Å². The first-order valence-electron chi connectivity index (χ1n) is 5.80. The molecule has 0 aliphatic heterocycles. The molecule has 2 heteroatoms. The van der Waals surface area contributed by atoms with Gasteiger partial charge >= 0.3 is 5.97 Å². The minimum Gasteiger partial charge on any atom is -0.481 e. The molecule has 0 fully saturated rings. The Hall–Kier alpha value is -1.05. The minimum absolute atomic E-state index is 0.112. The predicted molar refractivity (Wildman–Crippen MR) is 63.9 cm³/mol. The van der Waals surface area contributed by atoms with E-state index in [0.717, 1.165) is 6.42 Å². The zero-order chi connectivity index (χ0) is 11.4. The number of aliphatic carboxylic acids is 1. The van der Waals surface area contributed by atoms with Crippen molar-refractivity contribution in [3.8, 4) is 0 Å². The summed E-state index contributed by atoms with van der Waals surface area (Å²) >= 11 is 0. The molecule has 0 saturated heterocycles. The summed E-state index contributed by atoms with van der Waals surface area (Å²) in [5.41, 5.74) is 0. The second kappa shape index (κ2) is 11.0. The second-order valence-corrected chi connectivity index (χ2v) is 3.66. The lowest BCUT2D eigenvalue weighted by atomic mass is 10.1. The van der Waals surface area contributed by atoms with Crippen molar-refractivity contribution < 1.29 is 9.90 Å². The van der Waals surface area contributed by atoms with Crippen LogP contribution in [-0.2, 0) is 4.79 Å². The van der Waals surface area contributed by atoms with E-state index in [9.17, 15) is 4.79 Å². The fraction of sp³-hybridized carbons (Fsp3) is 0.615. The number of carboxylic acids is 1. The summed E-state index contributed by atoms with van der Waals surface area (Å²) in [6.45, 7) is 2.22. The molecule has 15 heavy (non-hydrogen) atoms. The molecule has 0 aromatic heterocycles. The highest BCUT2D eigenvalue weighted by atomic mass is 16.4. The Morgan fingerprint density at radius 3 is 2.40 bits per heavy atom. The third kappa shape index (κ3) is 12.9. The molecule has 86 valence electrons. The fourth-order valence-electron chi connectivity index (χ4n) is 1.29. The maximum Gasteiger partial charge on any atom is 0.307 e. The Morgan fingerprint density at radius 2 is 1.73 bits per heavy atom. The predicted octanol–water partition coefficient (Wildman–Crippen LogP) is 3.93. The summed E-state index contributed by atoms with van der Waals surface area (Å²) in [5.74, 6) is -0.779. The SMILES string of the molecule is CCCCCCCC=CC=CCC(=O)O. The number of hydrogen-bond donors (Lipinski definition) is 1. The van der Waals surface area contributed by atoms with Crippen molar-refractivity contribution in [2.75, 3.05) is 0 Å². The average molecular weight is 210 g/mol. The number of hydrogen-bond acceptors (Lipinski definition) is 1. The number of rotatable bonds is 9. The van der Waals surface area contributed by atoms with Gasteiger partial charge in [0.05, 0.1) is 6.42 Å². The van der Waals surface area contributed by atoms with E-state index in [-0.39, 0.29) is 6.42 Å². The Labute approximate surface area is 92.7 Å². The van der Waals surface area contributed by atoms with Gasteiger partial charge in [0.2, 0.25) is 0 Å². The van der Waals surface area contributed by atoms with Gasteiger partial charge in [0.25, 0.3) is 0 Å². The molecule has 0 aliphatic carbocycles. The van der Waals surface area contributed by atoms with Crippen molar-refractivity contribution in [3.05, 3.63) is 24.3 Å². The summed E-state index contributed by atoms with van der Waals surface area (Å²) < 4.78 is 0. The molecule has 0 atom stereocenters. The van der Waals surface area contributed by atoms with Gasteiger partial charge in [0, 0.05) is 0 Å². The Kier molecular flexibility index (Phi) is 10.3. The largest absolute Gasteiger partial charge is 0.481 e. The first kappa shape index (κ1) is 13.9. The van der Waals surface area contributed by atoms with Crippen molar-refractivity contribution >= 4 is 5.97 Å². The molecule has 0 heterocycles. The molecule has 0 amide bonds. The lowest BCUT2D eigenvalue weighted by Gasteiger charge is -1.95. The van der Waals surface area contributed by atoms with Crippen LogP contribution in [0.5, 0.6) is 0 Å². The lowest BCUT2D eigenvalue weighted by molar-refractivity contribution is -0.135. The number of carboxylic acid groups (broad SMARTS) is 1. The molecule has 0 aromatic rings. The van der Waals surface area contributed by atoms with Crippen LogP contribution in [0, 0.1) is 0 Å². The maximum atomic E-state index is 10.2. The van der Waals surface area contributed by atoms with Crippen LogP contribution in [0.25, 0.3) is 0 Å². The van der Waals surface area contributed by atoms with Crippen LogP contribution in [0.3, 0.4) is 0 Å². The molecule has 0 aromatic carbocycles. The van der Waals surface area contributed by atoms with Gasteiger partial charge in [-0.25, -0.2) is 0 Å². The zero-order valence-corrected chi connectivity index (χ0v) is 9.61. The van der Waals surface area contributed by atoms with Crippen LogP contribution in [0.4, 0.5) is 0 Å². The zero-order valence-electron chi connectivity index (χ0n) is 9.61. The van der Waals surface area contributed by atoms with Crippen LogP contribution in [-0.4, -0.2) is 11.1 Å². The molecule has 0 aliphatic rings. The molecule has 0 saturated carbocycles. The molecule has 0 spiro atoms. The van der Waals surface area contributed by atoms with E-state index >= 15 is 0 Å². The highest BCUT2D eigenvalue weighted by Crippen LogP contribution is 2.05. The highest BCUT2D eigenvalue weighted by Gasteiger charge is 1.87. The first-order chi connectivity index (χ1) is 7.27. The van der Waals surface area contributed by atoms with Crippen molar-refractivity contribution in [2.45, 2.75) is 51.9 Å². The van der Waals surface area contributed by atoms with Crippen LogP contribution in [0.15, 0.2) is 24.3 Å². The van der Waals surface area contributed by atoms with Gasteiger partial charge < -0.3 is 5.11 Å². The van der Waals surface area contributed by atoms with Crippen molar-refractivity contribution in [2.24, 2.45) is 0 Å². The Morgan fingerprint density at radius 1 is 1.07 bits per heavy atom. The second-order valence-electron chi connectivity index (χ2n) is 3.66. The molecule has 0 unspecified atom stereocenters. The highest BCUT2D eigenvalue weighted by molar-refractivity contribution is 5.68. The topological polar surface area (TPSA) is 37.3 Å². The third-order valence-corrected chi connectivity index (χ3v) is 2.15. The van der Waals surface area contributed by atoms with Gasteiger partial charge in [-0.3, -0.25) is 4.79 Å². The van der Waals surface area contributed by atoms with E-state index in [0.29, 0.717) is 0 Å². The van der Waals surface area contributed by atoms with Crippen LogP contribution in [0.2, 0.25) is 0 Å². The molecule has 2 nitrogen and oxygen atoms in total. The van der Waals surface area contributed by atoms with Gasteiger partial charge in [0.15, 0.2) is 0 Å². The summed E-state index contributed by atoms with van der Waals surface area (Å²) in [6.07, 6.45) is 15.2. The average Bonchev–Trinajstić information content (AvgIpc) is 2.20. The monoisotopic (exact) mass is 210 g/mol. The standard InChI is InChI=1S/C13H22O2/c1-2-3-4-5-6-7-8-9-10-11-12-13(14)15/h8-11H,2-7,12H2,1H3,(H,14,15). The van der Waals surface area contributed by atoms with E-state index in [1.54, 1.807) is 12.2 Å². The van der Waals surface area contributed by atoms with E-state index in [1.165, 1.54) is 32.1 Å². The molecular formula is C13H22O2. The van der Waals surface area contributed by atoms with Gasteiger partial charge in [-0.1, -0.05) is 56.9 Å². The first-order valence-corrected chi connectivity index (χ1v) is 5.80. The third-order valence-electron chi connectivity index (χ3n) is 2.15. The number of allylic oxidation sites excluding steroid dienone is 3. The Bertz CT molecular complexity index is 205. The molecule has 0 radical (unpaired) electrons. The van der Waals surface area contributed by atoms with Crippen molar-refractivity contribution in [1.29, 1.82) is 0 Å². The van der Waals surface area contributed by atoms with E-state index in [4.69, 9.17) is 5.11 Å². The van der Waals surface area contributed by atoms with E-state index < -0.39 is 5.97 Å². The summed E-state index contributed by atoms with van der Waals surface area (Å²) in [4.78, 5) is 10.2.